The molecule has 1 aromatic heterocycles. The second kappa shape index (κ2) is 4.07. The van der Waals surface area contributed by atoms with Gasteiger partial charge in [0.1, 0.15) is 0 Å². The second-order valence-corrected chi connectivity index (χ2v) is 4.43. The fraction of sp³-hybridized carbons (Fsp3) is 0.250. The highest BCUT2D eigenvalue weighted by atomic mass is 32.2. The highest BCUT2D eigenvalue weighted by molar-refractivity contribution is 7.92. The molecule has 0 aromatic carbocycles. The minimum absolute atomic E-state index is 0.454. The maximum Gasteiger partial charge on any atom is 0.246 e. The van der Waals surface area contributed by atoms with Crippen LogP contribution < -0.4 is 4.72 Å². The van der Waals surface area contributed by atoms with Crippen LogP contribution in [0.15, 0.2) is 18.5 Å². The summed E-state index contributed by atoms with van der Waals surface area (Å²) in [6, 6.07) is 3.13. The van der Waals surface area contributed by atoms with E-state index < -0.39 is 15.8 Å². The Balaban J connectivity index is 2.91. The molecule has 0 radical (unpaired) electrons. The highest BCUT2D eigenvalue weighted by Crippen LogP contribution is 2.13. The molecule has 1 N–H and O–H groups in total. The molecule has 0 saturated carbocycles. The van der Waals surface area contributed by atoms with Crippen LogP contribution in [0.4, 0.5) is 5.69 Å². The van der Waals surface area contributed by atoms with Crippen LogP contribution in [0, 0.1) is 18.3 Å². The number of pyridine rings is 1. The van der Waals surface area contributed by atoms with Crippen molar-refractivity contribution in [3.8, 4) is 6.07 Å². The van der Waals surface area contributed by atoms with Crippen molar-refractivity contribution in [2.75, 3.05) is 10.5 Å². The standard InChI is InChI=1S/C8H9N3O2S/c1-7-6-10-4-2-8(7)11-14(12,13)5-3-9/h2,4,6H,5H2,1H3,(H,10,11). The number of sulfonamides is 1. The smallest absolute Gasteiger partial charge is 0.246 e. The zero-order valence-electron chi connectivity index (χ0n) is 7.56. The third kappa shape index (κ3) is 2.71. The zero-order valence-corrected chi connectivity index (χ0v) is 8.37. The van der Waals surface area contributed by atoms with Crippen molar-refractivity contribution in [3.05, 3.63) is 24.0 Å². The number of hydrogen-bond donors (Lipinski definition) is 1. The summed E-state index contributed by atoms with van der Waals surface area (Å²) in [5.41, 5.74) is 1.17. The van der Waals surface area contributed by atoms with Crippen molar-refractivity contribution in [3.63, 3.8) is 0 Å². The van der Waals surface area contributed by atoms with Gasteiger partial charge in [-0.25, -0.2) is 8.42 Å². The van der Waals surface area contributed by atoms with Gasteiger partial charge in [-0.1, -0.05) is 0 Å². The molecule has 1 rings (SSSR count). The van der Waals surface area contributed by atoms with Crippen molar-refractivity contribution in [2.24, 2.45) is 0 Å². The van der Waals surface area contributed by atoms with Crippen LogP contribution in [0.2, 0.25) is 0 Å². The molecule has 0 fully saturated rings. The van der Waals surface area contributed by atoms with E-state index in [0.717, 1.165) is 0 Å². The third-order valence-corrected chi connectivity index (χ3v) is 2.58. The van der Waals surface area contributed by atoms with Gasteiger partial charge in [-0.15, -0.1) is 0 Å². The summed E-state index contributed by atoms with van der Waals surface area (Å²) in [6.07, 6.45) is 3.03. The van der Waals surface area contributed by atoms with E-state index in [1.165, 1.54) is 6.20 Å². The van der Waals surface area contributed by atoms with Gasteiger partial charge in [-0.05, 0) is 18.6 Å². The van der Waals surface area contributed by atoms with Gasteiger partial charge >= 0.3 is 0 Å². The molecule has 0 aliphatic carbocycles. The monoisotopic (exact) mass is 211 g/mol. The third-order valence-electron chi connectivity index (χ3n) is 1.54. The van der Waals surface area contributed by atoms with Crippen LogP contribution in [0.25, 0.3) is 0 Å². The minimum atomic E-state index is -3.55. The normalized spacial score (nSPS) is 10.6. The summed E-state index contributed by atoms with van der Waals surface area (Å²) < 4.78 is 24.7. The van der Waals surface area contributed by atoms with Gasteiger partial charge in [0.2, 0.25) is 10.0 Å². The number of hydrogen-bond acceptors (Lipinski definition) is 4. The fourth-order valence-electron chi connectivity index (χ4n) is 0.877. The highest BCUT2D eigenvalue weighted by Gasteiger charge is 2.10. The number of rotatable bonds is 3. The van der Waals surface area contributed by atoms with Gasteiger partial charge in [0.05, 0.1) is 11.8 Å². The van der Waals surface area contributed by atoms with Crippen molar-refractivity contribution in [2.45, 2.75) is 6.92 Å². The Hall–Kier alpha value is -1.61. The largest absolute Gasteiger partial charge is 0.282 e. The molecule has 0 spiro atoms. The van der Waals surface area contributed by atoms with E-state index in [-0.39, 0.29) is 0 Å². The van der Waals surface area contributed by atoms with Gasteiger partial charge in [0, 0.05) is 12.4 Å². The van der Waals surface area contributed by atoms with Gasteiger partial charge < -0.3 is 0 Å². The van der Waals surface area contributed by atoms with E-state index >= 15 is 0 Å². The molecule has 0 aliphatic rings. The summed E-state index contributed by atoms with van der Waals surface area (Å²) >= 11 is 0. The van der Waals surface area contributed by atoms with Crippen molar-refractivity contribution < 1.29 is 8.42 Å². The maximum atomic E-state index is 11.2. The average molecular weight is 211 g/mol. The predicted octanol–water partition coefficient (Wildman–Crippen LogP) is 0.655. The number of nitrogens with one attached hydrogen (secondary N) is 1. The summed E-state index contributed by atoms with van der Waals surface area (Å²) in [6.45, 7) is 1.73. The lowest BCUT2D eigenvalue weighted by Crippen LogP contribution is -2.16. The SMILES string of the molecule is Cc1cnccc1NS(=O)(=O)CC#N. The van der Waals surface area contributed by atoms with E-state index in [1.807, 2.05) is 0 Å². The molecule has 1 heterocycles. The number of aromatic nitrogens is 1. The fourth-order valence-corrected chi connectivity index (χ4v) is 1.68. The lowest BCUT2D eigenvalue weighted by atomic mass is 10.3. The molecule has 0 saturated heterocycles. The van der Waals surface area contributed by atoms with E-state index in [1.54, 1.807) is 25.3 Å². The predicted molar refractivity (Wildman–Crippen MR) is 52.0 cm³/mol. The molecule has 0 atom stereocenters. The van der Waals surface area contributed by atoms with Crippen molar-refractivity contribution in [1.82, 2.24) is 4.98 Å². The zero-order chi connectivity index (χ0) is 10.6. The van der Waals surface area contributed by atoms with Gasteiger partial charge in [-0.2, -0.15) is 5.26 Å². The molecule has 0 unspecified atom stereocenters. The van der Waals surface area contributed by atoms with Crippen LogP contribution in [0.3, 0.4) is 0 Å². The summed E-state index contributed by atoms with van der Waals surface area (Å²) in [4.78, 5) is 3.82. The summed E-state index contributed by atoms with van der Waals surface area (Å²) in [5, 5.41) is 8.27. The lowest BCUT2D eigenvalue weighted by Gasteiger charge is -2.06. The van der Waals surface area contributed by atoms with Crippen LogP contribution in [0.5, 0.6) is 0 Å². The second-order valence-electron chi connectivity index (χ2n) is 2.71. The number of anilines is 1. The van der Waals surface area contributed by atoms with Crippen LogP contribution in [-0.2, 0) is 10.0 Å². The van der Waals surface area contributed by atoms with Crippen LogP contribution in [-0.4, -0.2) is 19.2 Å². The van der Waals surface area contributed by atoms with Crippen molar-refractivity contribution >= 4 is 15.7 Å². The number of nitriles is 1. The molecular weight excluding hydrogens is 202 g/mol. The number of aryl methyl sites for hydroxylation is 1. The van der Waals surface area contributed by atoms with Crippen LogP contribution >= 0.6 is 0 Å². The first-order chi connectivity index (χ1) is 6.55. The Morgan fingerprint density at radius 2 is 2.36 bits per heavy atom. The molecule has 1 aromatic rings. The molecule has 0 bridgehead atoms. The molecule has 0 amide bonds. The molecule has 14 heavy (non-hydrogen) atoms. The first-order valence-corrected chi connectivity index (χ1v) is 5.48. The lowest BCUT2D eigenvalue weighted by molar-refractivity contribution is 0.604. The van der Waals surface area contributed by atoms with Gasteiger partial charge in [0.15, 0.2) is 5.75 Å². The first kappa shape index (κ1) is 10.5. The molecule has 6 heteroatoms. The molecule has 74 valence electrons. The maximum absolute atomic E-state index is 11.2. The van der Waals surface area contributed by atoms with E-state index in [2.05, 4.69) is 9.71 Å². The topological polar surface area (TPSA) is 82.8 Å². The van der Waals surface area contributed by atoms with Crippen molar-refractivity contribution in [1.29, 1.82) is 5.26 Å². The van der Waals surface area contributed by atoms with Crippen LogP contribution in [0.1, 0.15) is 5.56 Å². The number of nitrogens with zero attached hydrogens (tertiary/aromatic N) is 2. The van der Waals surface area contributed by atoms with Gasteiger partial charge in [-0.3, -0.25) is 9.71 Å². The Bertz CT molecular complexity index is 462. The molecule has 5 nitrogen and oxygen atoms in total. The summed E-state index contributed by atoms with van der Waals surface area (Å²) in [7, 11) is -3.55. The Morgan fingerprint density at radius 1 is 1.64 bits per heavy atom. The molecule has 0 aliphatic heterocycles. The van der Waals surface area contributed by atoms with E-state index in [4.69, 9.17) is 5.26 Å². The van der Waals surface area contributed by atoms with E-state index in [0.29, 0.717) is 11.3 Å². The minimum Gasteiger partial charge on any atom is -0.282 e. The summed E-state index contributed by atoms with van der Waals surface area (Å²) in [5.74, 6) is -0.547. The van der Waals surface area contributed by atoms with Gasteiger partial charge in [0.25, 0.3) is 0 Å². The molecular formula is C8H9N3O2S. The first-order valence-electron chi connectivity index (χ1n) is 3.83. The van der Waals surface area contributed by atoms with E-state index in [9.17, 15) is 8.42 Å². The Morgan fingerprint density at radius 3 is 2.93 bits per heavy atom. The Kier molecular flexibility index (Phi) is 3.04. The quantitative estimate of drug-likeness (QED) is 0.795. The Labute approximate surface area is 82.4 Å². The average Bonchev–Trinajstić information content (AvgIpc) is 2.08.